The second-order valence-corrected chi connectivity index (χ2v) is 7.50. The standard InChI is InChI=1S/C16H23F2N3O3S/c17-16(18)5-3-9(4-6-16)12(13(19)23)7-11(22)2-1-10-8-25-15(21-10)14(20)24/h8-9,11-12,22H,1-7H2,(H2,19,23)(H2,20,24). The zero-order valence-electron chi connectivity index (χ0n) is 13.8. The minimum absolute atomic E-state index is 0.151. The Bertz CT molecular complexity index is 614. The summed E-state index contributed by atoms with van der Waals surface area (Å²) in [7, 11) is 0. The molecule has 0 spiro atoms. The number of nitrogens with two attached hydrogens (primary N) is 2. The molecule has 1 heterocycles. The van der Waals surface area contributed by atoms with Gasteiger partial charge in [-0.1, -0.05) is 0 Å². The van der Waals surface area contributed by atoms with Crippen LogP contribution in [0.1, 0.15) is 54.0 Å². The first kappa shape index (κ1) is 19.7. The molecule has 1 aromatic rings. The van der Waals surface area contributed by atoms with E-state index in [1.165, 1.54) is 0 Å². The van der Waals surface area contributed by atoms with Gasteiger partial charge in [0.1, 0.15) is 0 Å². The minimum Gasteiger partial charge on any atom is -0.393 e. The molecule has 2 unspecified atom stereocenters. The predicted octanol–water partition coefficient (Wildman–Crippen LogP) is 1.85. The molecule has 0 aromatic carbocycles. The summed E-state index contributed by atoms with van der Waals surface area (Å²) in [4.78, 5) is 26.8. The summed E-state index contributed by atoms with van der Waals surface area (Å²) < 4.78 is 26.5. The van der Waals surface area contributed by atoms with Gasteiger partial charge in [-0.05, 0) is 38.0 Å². The normalized spacial score (nSPS) is 20.1. The second kappa shape index (κ2) is 8.18. The van der Waals surface area contributed by atoms with Crippen molar-refractivity contribution in [3.8, 4) is 0 Å². The highest BCUT2D eigenvalue weighted by Gasteiger charge is 2.39. The number of rotatable bonds is 8. The molecule has 25 heavy (non-hydrogen) atoms. The zero-order chi connectivity index (χ0) is 18.6. The summed E-state index contributed by atoms with van der Waals surface area (Å²) in [5.74, 6) is -4.64. The average molecular weight is 375 g/mol. The van der Waals surface area contributed by atoms with E-state index in [0.29, 0.717) is 18.5 Å². The first-order valence-electron chi connectivity index (χ1n) is 8.27. The molecule has 1 aliphatic rings. The first-order chi connectivity index (χ1) is 11.7. The van der Waals surface area contributed by atoms with Crippen LogP contribution in [0, 0.1) is 11.8 Å². The molecule has 9 heteroatoms. The Balaban J connectivity index is 1.86. The largest absolute Gasteiger partial charge is 0.393 e. The Kier molecular flexibility index (Phi) is 6.45. The number of carbonyl (C=O) groups excluding carboxylic acids is 2. The van der Waals surface area contributed by atoms with Crippen LogP contribution in [0.15, 0.2) is 5.38 Å². The van der Waals surface area contributed by atoms with Gasteiger partial charge in [-0.2, -0.15) is 0 Å². The maximum Gasteiger partial charge on any atom is 0.277 e. The summed E-state index contributed by atoms with van der Waals surface area (Å²) in [5.41, 5.74) is 11.2. The highest BCUT2D eigenvalue weighted by atomic mass is 32.1. The maximum atomic E-state index is 13.3. The van der Waals surface area contributed by atoms with Crippen molar-refractivity contribution in [1.82, 2.24) is 4.98 Å². The highest BCUT2D eigenvalue weighted by molar-refractivity contribution is 7.11. The van der Waals surface area contributed by atoms with Crippen molar-refractivity contribution < 1.29 is 23.5 Å². The van der Waals surface area contributed by atoms with E-state index in [-0.39, 0.29) is 43.0 Å². The number of hydrogen-bond acceptors (Lipinski definition) is 5. The number of halogens is 2. The van der Waals surface area contributed by atoms with E-state index in [1.807, 2.05) is 0 Å². The average Bonchev–Trinajstić information content (AvgIpc) is 3.00. The van der Waals surface area contributed by atoms with Gasteiger partial charge in [-0.25, -0.2) is 13.8 Å². The number of carbonyl (C=O) groups is 2. The van der Waals surface area contributed by atoms with Crippen molar-refractivity contribution >= 4 is 23.2 Å². The van der Waals surface area contributed by atoms with Crippen LogP contribution in [0.25, 0.3) is 0 Å². The van der Waals surface area contributed by atoms with E-state index in [1.54, 1.807) is 5.38 Å². The molecule has 0 aliphatic heterocycles. The fraction of sp³-hybridized carbons (Fsp3) is 0.688. The number of primary amides is 2. The topological polar surface area (TPSA) is 119 Å². The van der Waals surface area contributed by atoms with Crippen LogP contribution < -0.4 is 11.5 Å². The molecule has 1 fully saturated rings. The van der Waals surface area contributed by atoms with Gasteiger partial charge in [0, 0.05) is 24.1 Å². The van der Waals surface area contributed by atoms with Crippen LogP contribution in [-0.4, -0.2) is 33.9 Å². The number of amides is 2. The highest BCUT2D eigenvalue weighted by Crippen LogP contribution is 2.40. The van der Waals surface area contributed by atoms with Crippen LogP contribution >= 0.6 is 11.3 Å². The van der Waals surface area contributed by atoms with Gasteiger partial charge < -0.3 is 16.6 Å². The summed E-state index contributed by atoms with van der Waals surface area (Å²) in [6.45, 7) is 0. The number of aromatic nitrogens is 1. The van der Waals surface area contributed by atoms with Gasteiger partial charge in [0.2, 0.25) is 11.8 Å². The molecule has 6 nitrogen and oxygen atoms in total. The molecule has 0 radical (unpaired) electrons. The molecule has 1 aliphatic carbocycles. The zero-order valence-corrected chi connectivity index (χ0v) is 14.6. The fourth-order valence-corrected chi connectivity index (χ4v) is 3.97. The summed E-state index contributed by atoms with van der Waals surface area (Å²) in [5, 5.41) is 12.1. The SMILES string of the molecule is NC(=O)c1nc(CCC(O)CC(C(N)=O)C2CCC(F)(F)CC2)cs1. The number of thiazole rings is 1. The molecule has 0 saturated heterocycles. The number of aliphatic hydroxyl groups excluding tert-OH is 1. The number of aliphatic hydroxyl groups is 1. The number of nitrogens with zero attached hydrogens (tertiary/aromatic N) is 1. The molecule has 2 atom stereocenters. The Morgan fingerprint density at radius 2 is 2.00 bits per heavy atom. The third kappa shape index (κ3) is 5.71. The lowest BCUT2D eigenvalue weighted by molar-refractivity contribution is -0.127. The van der Waals surface area contributed by atoms with Crippen LogP contribution in [0.3, 0.4) is 0 Å². The third-order valence-corrected chi connectivity index (χ3v) is 5.62. The Morgan fingerprint density at radius 3 is 2.52 bits per heavy atom. The van der Waals surface area contributed by atoms with Gasteiger partial charge >= 0.3 is 0 Å². The van der Waals surface area contributed by atoms with Crippen molar-refractivity contribution in [3.05, 3.63) is 16.1 Å². The maximum absolute atomic E-state index is 13.3. The van der Waals surface area contributed by atoms with Gasteiger partial charge in [-0.3, -0.25) is 9.59 Å². The van der Waals surface area contributed by atoms with E-state index in [9.17, 15) is 23.5 Å². The quantitative estimate of drug-likeness (QED) is 0.642. The molecular formula is C16H23F2N3O3S. The van der Waals surface area contributed by atoms with Gasteiger partial charge in [0.25, 0.3) is 5.91 Å². The molecule has 1 saturated carbocycles. The van der Waals surface area contributed by atoms with Crippen LogP contribution in [0.5, 0.6) is 0 Å². The van der Waals surface area contributed by atoms with E-state index < -0.39 is 29.8 Å². The number of hydrogen-bond donors (Lipinski definition) is 3. The summed E-state index contributed by atoms with van der Waals surface area (Å²) in [6.07, 6.45) is 0.117. The lowest BCUT2D eigenvalue weighted by Gasteiger charge is -2.33. The molecule has 5 N–H and O–H groups in total. The fourth-order valence-electron chi connectivity index (χ4n) is 3.27. The van der Waals surface area contributed by atoms with Crippen molar-refractivity contribution in [2.75, 3.05) is 0 Å². The van der Waals surface area contributed by atoms with Crippen LogP contribution in [0.2, 0.25) is 0 Å². The molecule has 2 amide bonds. The Morgan fingerprint density at radius 1 is 1.36 bits per heavy atom. The summed E-state index contributed by atoms with van der Waals surface area (Å²) >= 11 is 1.14. The smallest absolute Gasteiger partial charge is 0.277 e. The Hall–Kier alpha value is -1.61. The van der Waals surface area contributed by atoms with E-state index in [0.717, 1.165) is 11.3 Å². The molecule has 140 valence electrons. The van der Waals surface area contributed by atoms with Crippen molar-refractivity contribution in [1.29, 1.82) is 0 Å². The molecule has 2 rings (SSSR count). The van der Waals surface area contributed by atoms with Crippen LogP contribution in [-0.2, 0) is 11.2 Å². The van der Waals surface area contributed by atoms with Crippen molar-refractivity contribution in [2.45, 2.75) is 57.0 Å². The number of alkyl halides is 2. The van der Waals surface area contributed by atoms with Gasteiger partial charge in [0.15, 0.2) is 5.01 Å². The minimum atomic E-state index is -2.67. The van der Waals surface area contributed by atoms with Gasteiger partial charge in [0.05, 0.1) is 11.8 Å². The van der Waals surface area contributed by atoms with Gasteiger partial charge in [-0.15, -0.1) is 11.3 Å². The van der Waals surface area contributed by atoms with Crippen molar-refractivity contribution in [2.24, 2.45) is 23.3 Å². The molecule has 0 bridgehead atoms. The van der Waals surface area contributed by atoms with E-state index >= 15 is 0 Å². The lowest BCUT2D eigenvalue weighted by Crippen LogP contribution is -2.37. The number of aryl methyl sites for hydroxylation is 1. The third-order valence-electron chi connectivity index (χ3n) is 4.72. The van der Waals surface area contributed by atoms with Crippen LogP contribution in [0.4, 0.5) is 8.78 Å². The predicted molar refractivity (Wildman–Crippen MR) is 89.2 cm³/mol. The van der Waals surface area contributed by atoms with Crippen molar-refractivity contribution in [3.63, 3.8) is 0 Å². The Labute approximate surface area is 148 Å². The van der Waals surface area contributed by atoms with E-state index in [4.69, 9.17) is 11.5 Å². The monoisotopic (exact) mass is 375 g/mol. The molecular weight excluding hydrogens is 352 g/mol. The van der Waals surface area contributed by atoms with E-state index in [2.05, 4.69) is 4.98 Å². The lowest BCUT2D eigenvalue weighted by atomic mass is 9.76. The molecule has 1 aromatic heterocycles. The summed E-state index contributed by atoms with van der Waals surface area (Å²) in [6, 6.07) is 0. The first-order valence-corrected chi connectivity index (χ1v) is 9.15. The second-order valence-electron chi connectivity index (χ2n) is 6.64.